The molecule has 1 N–H and O–H groups in total. The Morgan fingerprint density at radius 3 is 2.72 bits per heavy atom. The lowest BCUT2D eigenvalue weighted by atomic mass is 10.2. The minimum Gasteiger partial charge on any atom is -0.358 e. The van der Waals surface area contributed by atoms with E-state index < -0.39 is 0 Å². The Bertz CT molecular complexity index is 897. The normalized spacial score (nSPS) is 10.7. The van der Waals surface area contributed by atoms with Crippen molar-refractivity contribution in [2.24, 2.45) is 0 Å². The van der Waals surface area contributed by atoms with Crippen molar-refractivity contribution in [2.45, 2.75) is 12.1 Å². The molecular weight excluding hydrogens is 358 g/mol. The highest BCUT2D eigenvalue weighted by Crippen LogP contribution is 2.31. The summed E-state index contributed by atoms with van der Waals surface area (Å²) in [6, 6.07) is 9.42. The fourth-order valence-electron chi connectivity index (χ4n) is 2.31. The van der Waals surface area contributed by atoms with E-state index >= 15 is 0 Å². The van der Waals surface area contributed by atoms with Gasteiger partial charge >= 0.3 is 0 Å². The van der Waals surface area contributed by atoms with E-state index in [9.17, 15) is 4.79 Å². The Labute approximate surface area is 154 Å². The van der Waals surface area contributed by atoms with Gasteiger partial charge in [-0.1, -0.05) is 29.4 Å². The fourth-order valence-corrected chi connectivity index (χ4v) is 3.30. The lowest BCUT2D eigenvalue weighted by Crippen LogP contribution is -2.20. The first kappa shape index (κ1) is 17.4. The van der Waals surface area contributed by atoms with Crippen molar-refractivity contribution in [2.75, 3.05) is 12.8 Å². The van der Waals surface area contributed by atoms with Gasteiger partial charge in [0.1, 0.15) is 0 Å². The number of halogens is 1. The molecule has 6 nitrogen and oxygen atoms in total. The molecule has 0 aliphatic rings. The van der Waals surface area contributed by atoms with Crippen LogP contribution in [0.4, 0.5) is 0 Å². The zero-order valence-electron chi connectivity index (χ0n) is 13.7. The molecular formula is C17H16ClN5OS. The number of hydrogen-bond acceptors (Lipinski definition) is 5. The molecule has 25 heavy (non-hydrogen) atoms. The van der Waals surface area contributed by atoms with Crippen LogP contribution < -0.4 is 5.32 Å². The number of pyridine rings is 1. The van der Waals surface area contributed by atoms with Crippen LogP contribution in [-0.2, 0) is 4.79 Å². The van der Waals surface area contributed by atoms with Gasteiger partial charge in [-0.2, -0.15) is 0 Å². The molecule has 8 heteroatoms. The van der Waals surface area contributed by atoms with Crippen LogP contribution in [0.2, 0.25) is 5.02 Å². The van der Waals surface area contributed by atoms with Gasteiger partial charge in [0.25, 0.3) is 0 Å². The third kappa shape index (κ3) is 3.67. The van der Waals surface area contributed by atoms with Gasteiger partial charge in [0.05, 0.1) is 11.4 Å². The summed E-state index contributed by atoms with van der Waals surface area (Å²) < 4.78 is 1.92. The molecule has 0 aliphatic heterocycles. The van der Waals surface area contributed by atoms with Crippen LogP contribution in [0.25, 0.3) is 17.1 Å². The average molecular weight is 374 g/mol. The fraction of sp³-hybridized carbons (Fsp3) is 0.176. The van der Waals surface area contributed by atoms with Crippen LogP contribution in [-0.4, -0.2) is 38.5 Å². The largest absolute Gasteiger partial charge is 0.358 e. The molecule has 0 aliphatic carbocycles. The van der Waals surface area contributed by atoms with Crippen molar-refractivity contribution in [1.82, 2.24) is 25.1 Å². The van der Waals surface area contributed by atoms with Crippen molar-refractivity contribution in [3.8, 4) is 17.1 Å². The Morgan fingerprint density at radius 1 is 1.24 bits per heavy atom. The summed E-state index contributed by atoms with van der Waals surface area (Å²) in [6.45, 7) is 1.95. The number of nitrogens with zero attached hydrogens (tertiary/aromatic N) is 4. The van der Waals surface area contributed by atoms with E-state index in [1.807, 2.05) is 41.8 Å². The number of thioether (sulfide) groups is 1. The van der Waals surface area contributed by atoms with Crippen LogP contribution in [0.5, 0.6) is 0 Å². The minimum absolute atomic E-state index is 0.0761. The number of carbonyl (C=O) groups is 1. The topological polar surface area (TPSA) is 72.7 Å². The molecule has 3 aromatic rings. The average Bonchev–Trinajstić information content (AvgIpc) is 3.06. The van der Waals surface area contributed by atoms with Crippen molar-refractivity contribution in [1.29, 1.82) is 0 Å². The van der Waals surface area contributed by atoms with Crippen molar-refractivity contribution < 1.29 is 4.79 Å². The molecule has 0 atom stereocenters. The molecule has 3 rings (SSSR count). The minimum atomic E-state index is -0.0761. The molecule has 0 radical (unpaired) electrons. The highest BCUT2D eigenvalue weighted by atomic mass is 35.5. The monoisotopic (exact) mass is 373 g/mol. The summed E-state index contributed by atoms with van der Waals surface area (Å²) in [5, 5.41) is 12.5. The van der Waals surface area contributed by atoms with Gasteiger partial charge in [-0.25, -0.2) is 0 Å². The van der Waals surface area contributed by atoms with E-state index in [2.05, 4.69) is 20.5 Å². The third-order valence-corrected chi connectivity index (χ3v) is 5.00. The van der Waals surface area contributed by atoms with E-state index in [0.717, 1.165) is 16.8 Å². The van der Waals surface area contributed by atoms with Crippen LogP contribution in [0.3, 0.4) is 0 Å². The summed E-state index contributed by atoms with van der Waals surface area (Å²) in [7, 11) is 1.61. The molecule has 1 aromatic carbocycles. The van der Waals surface area contributed by atoms with Crippen molar-refractivity contribution in [3.05, 3.63) is 53.3 Å². The summed E-state index contributed by atoms with van der Waals surface area (Å²) in [5.74, 6) is 0.852. The molecule has 2 heterocycles. The first-order valence-corrected chi connectivity index (χ1v) is 8.93. The number of rotatable bonds is 5. The summed E-state index contributed by atoms with van der Waals surface area (Å²) in [5.41, 5.74) is 2.68. The zero-order chi connectivity index (χ0) is 17.8. The second-order valence-corrected chi connectivity index (χ2v) is 6.57. The van der Waals surface area contributed by atoms with Gasteiger partial charge in [-0.05, 0) is 36.8 Å². The van der Waals surface area contributed by atoms with E-state index in [1.165, 1.54) is 11.8 Å². The maximum atomic E-state index is 11.6. The van der Waals surface area contributed by atoms with Crippen molar-refractivity contribution >= 4 is 29.3 Å². The molecule has 0 saturated carbocycles. The van der Waals surface area contributed by atoms with E-state index in [4.69, 9.17) is 11.6 Å². The summed E-state index contributed by atoms with van der Waals surface area (Å²) in [6.07, 6.45) is 3.41. The smallest absolute Gasteiger partial charge is 0.230 e. The molecule has 0 saturated heterocycles. The van der Waals surface area contributed by atoms with Gasteiger partial charge in [-0.3, -0.25) is 14.3 Å². The van der Waals surface area contributed by atoms with Gasteiger partial charge < -0.3 is 5.32 Å². The van der Waals surface area contributed by atoms with Crippen LogP contribution in [0.1, 0.15) is 5.56 Å². The SMILES string of the molecule is CNC(=O)CSc1nnc(-c2ccncc2)n1-c1cccc(Cl)c1C. The van der Waals surface area contributed by atoms with Crippen LogP contribution in [0.15, 0.2) is 47.9 Å². The maximum Gasteiger partial charge on any atom is 0.230 e. The van der Waals surface area contributed by atoms with Crippen LogP contribution in [0, 0.1) is 6.92 Å². The van der Waals surface area contributed by atoms with E-state index in [1.54, 1.807) is 19.4 Å². The molecule has 1 amide bonds. The molecule has 0 fully saturated rings. The van der Waals surface area contributed by atoms with E-state index in [0.29, 0.717) is 16.0 Å². The Balaban J connectivity index is 2.13. The zero-order valence-corrected chi connectivity index (χ0v) is 15.3. The van der Waals surface area contributed by atoms with Gasteiger partial charge in [0.2, 0.25) is 5.91 Å². The molecule has 0 spiro atoms. The number of nitrogens with one attached hydrogen (secondary N) is 1. The van der Waals surface area contributed by atoms with Gasteiger partial charge in [-0.15, -0.1) is 10.2 Å². The van der Waals surface area contributed by atoms with E-state index in [-0.39, 0.29) is 11.7 Å². The predicted octanol–water partition coefficient (Wildman–Crippen LogP) is 3.13. The number of benzene rings is 1. The molecule has 0 unspecified atom stereocenters. The molecule has 128 valence electrons. The summed E-state index contributed by atoms with van der Waals surface area (Å²) in [4.78, 5) is 15.7. The second-order valence-electron chi connectivity index (χ2n) is 5.22. The highest BCUT2D eigenvalue weighted by Gasteiger charge is 2.19. The lowest BCUT2D eigenvalue weighted by molar-refractivity contribution is -0.118. The second kappa shape index (κ2) is 7.67. The van der Waals surface area contributed by atoms with Gasteiger partial charge in [0, 0.05) is 30.0 Å². The standard InChI is InChI=1S/C17H16ClN5OS/c1-11-13(18)4-3-5-14(11)23-16(12-6-8-20-9-7-12)21-22-17(23)25-10-15(24)19-2/h3-9H,10H2,1-2H3,(H,19,24). The number of hydrogen-bond donors (Lipinski definition) is 1. The number of amides is 1. The summed E-state index contributed by atoms with van der Waals surface area (Å²) >= 11 is 7.62. The third-order valence-electron chi connectivity index (χ3n) is 3.66. The first-order valence-electron chi connectivity index (χ1n) is 7.56. The quantitative estimate of drug-likeness (QED) is 0.695. The lowest BCUT2D eigenvalue weighted by Gasteiger charge is -2.13. The molecule has 0 bridgehead atoms. The molecule has 2 aromatic heterocycles. The van der Waals surface area contributed by atoms with Gasteiger partial charge in [0.15, 0.2) is 11.0 Å². The van der Waals surface area contributed by atoms with Crippen LogP contribution >= 0.6 is 23.4 Å². The first-order chi connectivity index (χ1) is 12.1. The Morgan fingerprint density at radius 2 is 2.00 bits per heavy atom. The Kier molecular flexibility index (Phi) is 5.35. The highest BCUT2D eigenvalue weighted by molar-refractivity contribution is 7.99. The maximum absolute atomic E-state index is 11.6. The van der Waals surface area contributed by atoms with Crippen molar-refractivity contribution in [3.63, 3.8) is 0 Å². The Hall–Kier alpha value is -2.38. The number of carbonyl (C=O) groups excluding carboxylic acids is 1. The predicted molar refractivity (Wildman–Crippen MR) is 99.1 cm³/mol. The number of aromatic nitrogens is 4.